The van der Waals surface area contributed by atoms with Crippen LogP contribution in [-0.2, 0) is 13.0 Å². The van der Waals surface area contributed by atoms with Crippen LogP contribution in [0, 0.1) is 12.7 Å². The van der Waals surface area contributed by atoms with E-state index < -0.39 is 0 Å². The number of nitrogens with zero attached hydrogens (tertiary/aromatic N) is 2. The van der Waals surface area contributed by atoms with Crippen LogP contribution in [0.15, 0.2) is 54.6 Å². The minimum atomic E-state index is -0.238. The molecule has 2 N–H and O–H groups in total. The van der Waals surface area contributed by atoms with Gasteiger partial charge in [0.15, 0.2) is 0 Å². The molecule has 6 heteroatoms. The summed E-state index contributed by atoms with van der Waals surface area (Å²) >= 11 is 6.00. The Kier molecular flexibility index (Phi) is 6.02. The van der Waals surface area contributed by atoms with E-state index in [1.165, 1.54) is 12.1 Å². The summed E-state index contributed by atoms with van der Waals surface area (Å²) in [5.74, 6) is 1.07. The Morgan fingerprint density at radius 1 is 0.962 bits per heavy atom. The van der Waals surface area contributed by atoms with E-state index in [2.05, 4.69) is 20.6 Å². The lowest BCUT2D eigenvalue weighted by Crippen LogP contribution is -2.10. The molecule has 0 saturated carbocycles. The number of hydrogen-bond acceptors (Lipinski definition) is 4. The smallest absolute Gasteiger partial charge is 0.224 e. The van der Waals surface area contributed by atoms with Gasteiger partial charge in [-0.15, -0.1) is 0 Å². The van der Waals surface area contributed by atoms with Crippen molar-refractivity contribution in [3.63, 3.8) is 0 Å². The third-order valence-corrected chi connectivity index (χ3v) is 4.06. The highest BCUT2D eigenvalue weighted by Gasteiger charge is 2.03. The Balaban J connectivity index is 1.57. The maximum Gasteiger partial charge on any atom is 0.224 e. The van der Waals surface area contributed by atoms with Crippen LogP contribution in [0.2, 0.25) is 5.02 Å². The summed E-state index contributed by atoms with van der Waals surface area (Å²) in [6.45, 7) is 3.20. The highest BCUT2D eigenvalue weighted by molar-refractivity contribution is 6.30. The third kappa shape index (κ3) is 5.43. The molecule has 2 aromatic carbocycles. The lowest BCUT2D eigenvalue weighted by Gasteiger charge is -2.10. The molecule has 3 aromatic rings. The first-order valence-electron chi connectivity index (χ1n) is 8.41. The van der Waals surface area contributed by atoms with E-state index in [1.54, 1.807) is 12.1 Å². The zero-order valence-electron chi connectivity index (χ0n) is 14.5. The molecule has 1 heterocycles. The van der Waals surface area contributed by atoms with Crippen molar-refractivity contribution in [3.8, 4) is 0 Å². The van der Waals surface area contributed by atoms with Gasteiger partial charge in [0, 0.05) is 29.9 Å². The summed E-state index contributed by atoms with van der Waals surface area (Å²) in [6, 6.07) is 16.1. The molecule has 0 bridgehead atoms. The summed E-state index contributed by atoms with van der Waals surface area (Å²) < 4.78 is 13.0. The number of hydrogen-bond donors (Lipinski definition) is 2. The minimum Gasteiger partial charge on any atom is -0.366 e. The van der Waals surface area contributed by atoms with Gasteiger partial charge in [-0.2, -0.15) is 4.98 Å². The van der Waals surface area contributed by atoms with Gasteiger partial charge in [0.2, 0.25) is 5.95 Å². The average molecular weight is 371 g/mol. The van der Waals surface area contributed by atoms with Crippen LogP contribution >= 0.6 is 11.6 Å². The molecular formula is C20H20ClFN4. The third-order valence-electron chi connectivity index (χ3n) is 3.83. The van der Waals surface area contributed by atoms with Crippen LogP contribution in [0.3, 0.4) is 0 Å². The van der Waals surface area contributed by atoms with Crippen molar-refractivity contribution in [1.29, 1.82) is 0 Å². The van der Waals surface area contributed by atoms with E-state index >= 15 is 0 Å². The average Bonchev–Trinajstić information content (AvgIpc) is 2.61. The van der Waals surface area contributed by atoms with E-state index in [4.69, 9.17) is 11.6 Å². The molecule has 0 atom stereocenters. The van der Waals surface area contributed by atoms with Gasteiger partial charge in [-0.3, -0.25) is 0 Å². The van der Waals surface area contributed by atoms with Gasteiger partial charge in [-0.1, -0.05) is 35.9 Å². The molecule has 0 amide bonds. The van der Waals surface area contributed by atoms with E-state index in [0.29, 0.717) is 19.0 Å². The molecule has 0 fully saturated rings. The number of aryl methyl sites for hydroxylation is 1. The van der Waals surface area contributed by atoms with Gasteiger partial charge in [0.25, 0.3) is 0 Å². The van der Waals surface area contributed by atoms with E-state index in [0.717, 1.165) is 34.1 Å². The SMILES string of the molecule is Cc1cc(NCc2ccc(F)cc2)nc(NCCc2cccc(Cl)c2)n1. The normalized spacial score (nSPS) is 10.6. The quantitative estimate of drug-likeness (QED) is 0.624. The molecule has 0 aliphatic carbocycles. The Morgan fingerprint density at radius 2 is 1.77 bits per heavy atom. The molecule has 26 heavy (non-hydrogen) atoms. The Labute approximate surface area is 157 Å². The zero-order chi connectivity index (χ0) is 18.4. The summed E-state index contributed by atoms with van der Waals surface area (Å²) in [4.78, 5) is 8.89. The van der Waals surface area contributed by atoms with E-state index in [9.17, 15) is 4.39 Å². The molecule has 4 nitrogen and oxygen atoms in total. The number of halogens is 2. The second kappa shape index (κ2) is 8.63. The van der Waals surface area contributed by atoms with Crippen molar-refractivity contribution in [2.24, 2.45) is 0 Å². The van der Waals surface area contributed by atoms with Crippen molar-refractivity contribution in [2.75, 3.05) is 17.2 Å². The first-order chi connectivity index (χ1) is 12.6. The van der Waals surface area contributed by atoms with Crippen LogP contribution in [0.4, 0.5) is 16.2 Å². The largest absolute Gasteiger partial charge is 0.366 e. The Bertz CT molecular complexity index is 868. The van der Waals surface area contributed by atoms with Crippen molar-refractivity contribution in [2.45, 2.75) is 19.9 Å². The topological polar surface area (TPSA) is 49.8 Å². The van der Waals surface area contributed by atoms with Crippen molar-refractivity contribution in [3.05, 3.63) is 82.3 Å². The fourth-order valence-corrected chi connectivity index (χ4v) is 2.76. The molecule has 3 rings (SSSR count). The fourth-order valence-electron chi connectivity index (χ4n) is 2.54. The molecule has 0 aliphatic heterocycles. The number of aromatic nitrogens is 2. The van der Waals surface area contributed by atoms with Gasteiger partial charge in [-0.25, -0.2) is 9.37 Å². The maximum atomic E-state index is 13.0. The molecule has 134 valence electrons. The lowest BCUT2D eigenvalue weighted by atomic mass is 10.1. The Morgan fingerprint density at radius 3 is 2.54 bits per heavy atom. The highest BCUT2D eigenvalue weighted by atomic mass is 35.5. The lowest BCUT2D eigenvalue weighted by molar-refractivity contribution is 0.627. The van der Waals surface area contributed by atoms with Crippen molar-refractivity contribution in [1.82, 2.24) is 9.97 Å². The van der Waals surface area contributed by atoms with Gasteiger partial charge >= 0.3 is 0 Å². The highest BCUT2D eigenvalue weighted by Crippen LogP contribution is 2.13. The number of benzene rings is 2. The summed E-state index contributed by atoms with van der Waals surface area (Å²) in [7, 11) is 0. The molecular weight excluding hydrogens is 351 g/mol. The van der Waals surface area contributed by atoms with Gasteiger partial charge < -0.3 is 10.6 Å². The second-order valence-corrected chi connectivity index (χ2v) is 6.44. The molecule has 0 spiro atoms. The summed E-state index contributed by atoms with van der Waals surface area (Å²) in [5.41, 5.74) is 3.01. The number of anilines is 2. The van der Waals surface area contributed by atoms with Gasteiger partial charge in [-0.05, 0) is 48.7 Å². The van der Waals surface area contributed by atoms with Gasteiger partial charge in [0.1, 0.15) is 11.6 Å². The van der Waals surface area contributed by atoms with Crippen LogP contribution in [-0.4, -0.2) is 16.5 Å². The van der Waals surface area contributed by atoms with E-state index in [-0.39, 0.29) is 5.82 Å². The van der Waals surface area contributed by atoms with Crippen molar-refractivity contribution >= 4 is 23.4 Å². The maximum absolute atomic E-state index is 13.0. The molecule has 0 saturated heterocycles. The second-order valence-electron chi connectivity index (χ2n) is 6.00. The predicted octanol–water partition coefficient (Wildman–Crippen LogP) is 4.84. The zero-order valence-corrected chi connectivity index (χ0v) is 15.2. The predicted molar refractivity (Wildman–Crippen MR) is 104 cm³/mol. The molecule has 0 radical (unpaired) electrons. The summed E-state index contributed by atoms with van der Waals surface area (Å²) in [5, 5.41) is 7.23. The van der Waals surface area contributed by atoms with Crippen LogP contribution in [0.25, 0.3) is 0 Å². The number of rotatable bonds is 7. The van der Waals surface area contributed by atoms with E-state index in [1.807, 2.05) is 37.3 Å². The van der Waals surface area contributed by atoms with Crippen LogP contribution in [0.1, 0.15) is 16.8 Å². The summed E-state index contributed by atoms with van der Waals surface area (Å²) in [6.07, 6.45) is 0.830. The van der Waals surface area contributed by atoms with Crippen LogP contribution in [0.5, 0.6) is 0 Å². The first kappa shape index (κ1) is 18.1. The standard InChI is InChI=1S/C20H20ClFN4/c1-14-11-19(24-13-16-5-7-18(22)8-6-16)26-20(25-14)23-10-9-15-3-2-4-17(21)12-15/h2-8,11-12H,9-10,13H2,1H3,(H2,23,24,25,26). The van der Waals surface area contributed by atoms with Crippen molar-refractivity contribution < 1.29 is 4.39 Å². The van der Waals surface area contributed by atoms with Gasteiger partial charge in [0.05, 0.1) is 0 Å². The fraction of sp³-hybridized carbons (Fsp3) is 0.200. The van der Waals surface area contributed by atoms with Crippen LogP contribution < -0.4 is 10.6 Å². The molecule has 0 aliphatic rings. The first-order valence-corrected chi connectivity index (χ1v) is 8.78. The minimum absolute atomic E-state index is 0.238. The number of nitrogens with one attached hydrogen (secondary N) is 2. The monoisotopic (exact) mass is 370 g/mol. The molecule has 0 unspecified atom stereocenters. The molecule has 1 aromatic heterocycles. The Hall–Kier alpha value is -2.66.